The van der Waals surface area contributed by atoms with Crippen LogP contribution in [0.5, 0.6) is 0 Å². The van der Waals surface area contributed by atoms with Crippen molar-refractivity contribution in [2.75, 3.05) is 6.54 Å². The van der Waals surface area contributed by atoms with Gasteiger partial charge in [0.2, 0.25) is 5.91 Å². The lowest BCUT2D eigenvalue weighted by molar-refractivity contribution is -0.137. The zero-order valence-electron chi connectivity index (χ0n) is 10.8. The smallest absolute Gasteiger partial charge is 0.237 e. The topological polar surface area (TPSA) is 78.9 Å². The minimum absolute atomic E-state index is 0.00662. The molecule has 1 amide bonds. The number of rotatable bonds is 2. The fraction of sp³-hybridized carbons (Fsp3) is 0.538. The SMILES string of the molecule is CC1c2ccsc2CCN1C(=O)C1(/C(N)=N/O)CC1. The predicted molar refractivity (Wildman–Crippen MR) is 73.2 cm³/mol. The van der Waals surface area contributed by atoms with Crippen LogP contribution in [0.4, 0.5) is 0 Å². The summed E-state index contributed by atoms with van der Waals surface area (Å²) >= 11 is 1.75. The van der Waals surface area contributed by atoms with Crippen LogP contribution in [0, 0.1) is 5.41 Å². The van der Waals surface area contributed by atoms with Crippen molar-refractivity contribution in [2.24, 2.45) is 16.3 Å². The minimum atomic E-state index is -0.740. The van der Waals surface area contributed by atoms with E-state index in [1.54, 1.807) is 11.3 Å². The van der Waals surface area contributed by atoms with Gasteiger partial charge in [0, 0.05) is 11.4 Å². The van der Waals surface area contributed by atoms with Crippen molar-refractivity contribution in [3.05, 3.63) is 21.9 Å². The van der Waals surface area contributed by atoms with Crippen LogP contribution in [-0.4, -0.2) is 28.4 Å². The quantitative estimate of drug-likeness (QED) is 0.374. The maximum atomic E-state index is 12.7. The molecule has 6 heteroatoms. The molecule has 1 aliphatic heterocycles. The number of carbonyl (C=O) groups excluding carboxylic acids is 1. The molecule has 1 atom stereocenters. The number of thiophene rings is 1. The Hall–Kier alpha value is -1.56. The molecule has 3 rings (SSSR count). The van der Waals surface area contributed by atoms with E-state index in [1.807, 2.05) is 11.8 Å². The number of hydrogen-bond donors (Lipinski definition) is 2. The number of amidine groups is 1. The second kappa shape index (κ2) is 4.23. The van der Waals surface area contributed by atoms with Crippen LogP contribution in [0.3, 0.4) is 0 Å². The van der Waals surface area contributed by atoms with E-state index in [1.165, 1.54) is 10.4 Å². The van der Waals surface area contributed by atoms with Crippen molar-refractivity contribution in [3.8, 4) is 0 Å². The number of carbonyl (C=O) groups is 1. The predicted octanol–water partition coefficient (Wildman–Crippen LogP) is 1.72. The van der Waals surface area contributed by atoms with E-state index in [-0.39, 0.29) is 17.8 Å². The molecule has 0 spiro atoms. The Bertz CT molecular complexity index is 548. The molecule has 3 N–H and O–H groups in total. The third kappa shape index (κ3) is 1.74. The molecule has 0 aromatic carbocycles. The van der Waals surface area contributed by atoms with Crippen molar-refractivity contribution >= 4 is 23.1 Å². The molecule has 1 aromatic rings. The Morgan fingerprint density at radius 3 is 3.00 bits per heavy atom. The number of nitrogens with zero attached hydrogens (tertiary/aromatic N) is 2. The van der Waals surface area contributed by atoms with Crippen LogP contribution in [0.15, 0.2) is 16.6 Å². The first-order valence-corrected chi connectivity index (χ1v) is 7.33. The van der Waals surface area contributed by atoms with E-state index in [9.17, 15) is 4.79 Å². The van der Waals surface area contributed by atoms with Gasteiger partial charge in [0.15, 0.2) is 5.84 Å². The standard InChI is InChI=1S/C13H17N3O2S/c1-8-9-3-7-19-10(9)2-6-16(8)12(17)13(4-5-13)11(14)15-18/h3,7-8,18H,2,4-6H2,1H3,(H2,14,15). The number of oxime groups is 1. The first-order valence-electron chi connectivity index (χ1n) is 6.45. The lowest BCUT2D eigenvalue weighted by Gasteiger charge is -2.36. The summed E-state index contributed by atoms with van der Waals surface area (Å²) in [5.74, 6) is 0.0629. The van der Waals surface area contributed by atoms with Crippen LogP contribution in [0.2, 0.25) is 0 Å². The van der Waals surface area contributed by atoms with Crippen LogP contribution in [-0.2, 0) is 11.2 Å². The maximum absolute atomic E-state index is 12.7. The first-order chi connectivity index (χ1) is 9.10. The van der Waals surface area contributed by atoms with E-state index in [4.69, 9.17) is 10.9 Å². The van der Waals surface area contributed by atoms with Crippen molar-refractivity contribution < 1.29 is 10.0 Å². The Morgan fingerprint density at radius 2 is 2.37 bits per heavy atom. The molecule has 2 heterocycles. The van der Waals surface area contributed by atoms with Gasteiger partial charge in [0.1, 0.15) is 5.41 Å². The summed E-state index contributed by atoms with van der Waals surface area (Å²) in [4.78, 5) is 15.9. The number of amides is 1. The Morgan fingerprint density at radius 1 is 1.63 bits per heavy atom. The summed E-state index contributed by atoms with van der Waals surface area (Å²) in [5.41, 5.74) is 6.19. The molecular weight excluding hydrogens is 262 g/mol. The highest BCUT2D eigenvalue weighted by molar-refractivity contribution is 7.10. The molecule has 2 aliphatic rings. The molecule has 19 heavy (non-hydrogen) atoms. The lowest BCUT2D eigenvalue weighted by Crippen LogP contribution is -2.46. The Labute approximate surface area is 115 Å². The highest BCUT2D eigenvalue weighted by atomic mass is 32.1. The molecule has 0 bridgehead atoms. The van der Waals surface area contributed by atoms with Crippen LogP contribution < -0.4 is 5.73 Å². The van der Waals surface area contributed by atoms with Gasteiger partial charge in [0.25, 0.3) is 0 Å². The highest BCUT2D eigenvalue weighted by Crippen LogP contribution is 2.49. The van der Waals surface area contributed by atoms with Gasteiger partial charge in [-0.3, -0.25) is 4.79 Å². The van der Waals surface area contributed by atoms with E-state index >= 15 is 0 Å². The van der Waals surface area contributed by atoms with Gasteiger partial charge in [0.05, 0.1) is 6.04 Å². The molecule has 0 saturated heterocycles. The fourth-order valence-electron chi connectivity index (χ4n) is 2.86. The zero-order valence-corrected chi connectivity index (χ0v) is 11.6. The molecule has 1 saturated carbocycles. The molecule has 5 nitrogen and oxygen atoms in total. The average molecular weight is 279 g/mol. The number of nitrogens with two attached hydrogens (primary N) is 1. The van der Waals surface area contributed by atoms with Crippen molar-refractivity contribution in [1.29, 1.82) is 0 Å². The first kappa shape index (κ1) is 12.5. The zero-order chi connectivity index (χ0) is 13.6. The van der Waals surface area contributed by atoms with Crippen molar-refractivity contribution in [3.63, 3.8) is 0 Å². The van der Waals surface area contributed by atoms with Gasteiger partial charge in [-0.15, -0.1) is 11.3 Å². The van der Waals surface area contributed by atoms with Crippen LogP contribution >= 0.6 is 11.3 Å². The van der Waals surface area contributed by atoms with E-state index < -0.39 is 5.41 Å². The fourth-order valence-corrected chi connectivity index (χ4v) is 3.82. The molecule has 0 radical (unpaired) electrons. The Balaban J connectivity index is 1.87. The largest absolute Gasteiger partial charge is 0.409 e. The lowest BCUT2D eigenvalue weighted by atomic mass is 9.97. The van der Waals surface area contributed by atoms with Gasteiger partial charge in [-0.25, -0.2) is 0 Å². The second-order valence-electron chi connectivity index (χ2n) is 5.29. The van der Waals surface area contributed by atoms with Crippen molar-refractivity contribution in [1.82, 2.24) is 4.90 Å². The van der Waals surface area contributed by atoms with Gasteiger partial charge >= 0.3 is 0 Å². The summed E-state index contributed by atoms with van der Waals surface area (Å²) in [6, 6.07) is 2.17. The summed E-state index contributed by atoms with van der Waals surface area (Å²) in [5, 5.41) is 14.0. The minimum Gasteiger partial charge on any atom is -0.409 e. The van der Waals surface area contributed by atoms with Gasteiger partial charge in [-0.05, 0) is 43.2 Å². The number of hydrogen-bond acceptors (Lipinski definition) is 4. The van der Waals surface area contributed by atoms with Gasteiger partial charge < -0.3 is 15.8 Å². The highest BCUT2D eigenvalue weighted by Gasteiger charge is 2.56. The maximum Gasteiger partial charge on any atom is 0.237 e. The molecular formula is C13H17N3O2S. The van der Waals surface area contributed by atoms with E-state index in [0.717, 1.165) is 6.42 Å². The average Bonchev–Trinajstić information content (AvgIpc) is 3.09. The second-order valence-corrected chi connectivity index (χ2v) is 6.29. The summed E-state index contributed by atoms with van der Waals surface area (Å²) in [7, 11) is 0. The molecule has 1 aliphatic carbocycles. The molecule has 102 valence electrons. The molecule has 1 fully saturated rings. The summed E-state index contributed by atoms with van der Waals surface area (Å²) < 4.78 is 0. The van der Waals surface area contributed by atoms with E-state index in [0.29, 0.717) is 19.4 Å². The normalized spacial score (nSPS) is 25.0. The monoisotopic (exact) mass is 279 g/mol. The van der Waals surface area contributed by atoms with Crippen molar-refractivity contribution in [2.45, 2.75) is 32.2 Å². The third-order valence-electron chi connectivity index (χ3n) is 4.30. The third-order valence-corrected chi connectivity index (χ3v) is 5.29. The molecule has 1 aromatic heterocycles. The van der Waals surface area contributed by atoms with Gasteiger partial charge in [-0.2, -0.15) is 0 Å². The summed E-state index contributed by atoms with van der Waals surface area (Å²) in [6.45, 7) is 2.76. The Kier molecular flexibility index (Phi) is 2.78. The summed E-state index contributed by atoms with van der Waals surface area (Å²) in [6.07, 6.45) is 2.26. The van der Waals surface area contributed by atoms with Crippen LogP contribution in [0.25, 0.3) is 0 Å². The number of fused-ring (bicyclic) bond motifs is 1. The van der Waals surface area contributed by atoms with Gasteiger partial charge in [-0.1, -0.05) is 5.16 Å². The van der Waals surface area contributed by atoms with Crippen LogP contribution in [0.1, 0.15) is 36.2 Å². The molecule has 1 unspecified atom stereocenters. The van der Waals surface area contributed by atoms with E-state index in [2.05, 4.69) is 16.6 Å².